The van der Waals surface area contributed by atoms with Crippen molar-refractivity contribution >= 4 is 11.8 Å². The highest BCUT2D eigenvalue weighted by Crippen LogP contribution is 2.26. The van der Waals surface area contributed by atoms with Gasteiger partial charge >= 0.3 is 0 Å². The fourth-order valence-electron chi connectivity index (χ4n) is 2.55. The molecule has 1 aliphatic rings. The third kappa shape index (κ3) is 2.69. The summed E-state index contributed by atoms with van der Waals surface area (Å²) in [6, 6.07) is 9.43. The van der Waals surface area contributed by atoms with Crippen LogP contribution in [0.15, 0.2) is 30.3 Å². The zero-order valence-electron chi connectivity index (χ0n) is 12.3. The van der Waals surface area contributed by atoms with E-state index in [1.165, 1.54) is 0 Å². The molecule has 0 aliphatic carbocycles. The largest absolute Gasteiger partial charge is 0.337 e. The average molecular weight is 274 g/mol. The molecule has 1 saturated heterocycles. The Labute approximate surface area is 120 Å². The topological polar surface area (TPSA) is 49.4 Å². The SMILES string of the molecule is CCC(C)CN1CC(=O)NC(C)(c2ccccc2)C1=O. The second-order valence-corrected chi connectivity index (χ2v) is 5.74. The van der Waals surface area contributed by atoms with Crippen molar-refractivity contribution in [1.82, 2.24) is 10.2 Å². The summed E-state index contributed by atoms with van der Waals surface area (Å²) in [7, 11) is 0. The maximum Gasteiger partial charge on any atom is 0.253 e. The molecule has 0 radical (unpaired) electrons. The number of carbonyl (C=O) groups is 2. The molecule has 2 amide bonds. The summed E-state index contributed by atoms with van der Waals surface area (Å²) in [5, 5.41) is 2.85. The van der Waals surface area contributed by atoms with Gasteiger partial charge in [0.15, 0.2) is 0 Å². The van der Waals surface area contributed by atoms with Crippen LogP contribution in [-0.2, 0) is 15.1 Å². The first kappa shape index (κ1) is 14.6. The van der Waals surface area contributed by atoms with E-state index in [1.807, 2.05) is 30.3 Å². The lowest BCUT2D eigenvalue weighted by Crippen LogP contribution is -2.63. The average Bonchev–Trinajstić information content (AvgIpc) is 2.45. The Morgan fingerprint density at radius 3 is 2.55 bits per heavy atom. The summed E-state index contributed by atoms with van der Waals surface area (Å²) in [4.78, 5) is 26.4. The quantitative estimate of drug-likeness (QED) is 0.911. The molecule has 1 fully saturated rings. The van der Waals surface area contributed by atoms with Gasteiger partial charge in [0.2, 0.25) is 5.91 Å². The van der Waals surface area contributed by atoms with Crippen LogP contribution < -0.4 is 5.32 Å². The molecule has 1 aliphatic heterocycles. The summed E-state index contributed by atoms with van der Waals surface area (Å²) in [6.45, 7) is 6.76. The van der Waals surface area contributed by atoms with Crippen LogP contribution in [0, 0.1) is 5.92 Å². The highest BCUT2D eigenvalue weighted by Gasteiger charge is 2.44. The molecule has 2 unspecified atom stereocenters. The standard InChI is InChI=1S/C16H22N2O2/c1-4-12(2)10-18-11-14(19)17-16(3,15(18)20)13-8-6-5-7-9-13/h5-9,12H,4,10-11H2,1-3H3,(H,17,19). The first-order chi connectivity index (χ1) is 9.47. The Bertz CT molecular complexity index is 500. The van der Waals surface area contributed by atoms with E-state index in [1.54, 1.807) is 11.8 Å². The van der Waals surface area contributed by atoms with Gasteiger partial charge in [-0.2, -0.15) is 0 Å². The molecule has 2 atom stereocenters. The molecule has 1 N–H and O–H groups in total. The number of nitrogens with zero attached hydrogens (tertiary/aromatic N) is 1. The van der Waals surface area contributed by atoms with Gasteiger partial charge in [-0.3, -0.25) is 9.59 Å². The van der Waals surface area contributed by atoms with Crippen molar-refractivity contribution in [3.8, 4) is 0 Å². The number of hydrogen-bond acceptors (Lipinski definition) is 2. The summed E-state index contributed by atoms with van der Waals surface area (Å²) in [5.41, 5.74) is -0.128. The maximum absolute atomic E-state index is 12.8. The second-order valence-electron chi connectivity index (χ2n) is 5.74. The summed E-state index contributed by atoms with van der Waals surface area (Å²) in [6.07, 6.45) is 0.994. The second kappa shape index (κ2) is 5.65. The van der Waals surface area contributed by atoms with Gasteiger partial charge in [0.25, 0.3) is 5.91 Å². The van der Waals surface area contributed by atoms with Gasteiger partial charge in [-0.05, 0) is 18.4 Å². The Balaban J connectivity index is 2.29. The molecular formula is C16H22N2O2. The van der Waals surface area contributed by atoms with E-state index in [4.69, 9.17) is 0 Å². The predicted molar refractivity (Wildman–Crippen MR) is 78.0 cm³/mol. The normalized spacial score (nSPS) is 24.4. The van der Waals surface area contributed by atoms with Crippen LogP contribution in [0.4, 0.5) is 0 Å². The molecule has 4 heteroatoms. The van der Waals surface area contributed by atoms with Crippen molar-refractivity contribution in [2.45, 2.75) is 32.7 Å². The lowest BCUT2D eigenvalue weighted by atomic mass is 9.88. The van der Waals surface area contributed by atoms with Gasteiger partial charge in [0.05, 0.1) is 6.54 Å². The van der Waals surface area contributed by atoms with Crippen LogP contribution in [0.1, 0.15) is 32.8 Å². The van der Waals surface area contributed by atoms with Crippen LogP contribution in [0.2, 0.25) is 0 Å². The van der Waals surface area contributed by atoms with Gasteiger partial charge in [0, 0.05) is 6.54 Å². The van der Waals surface area contributed by atoms with Crippen molar-refractivity contribution in [2.24, 2.45) is 5.92 Å². The Morgan fingerprint density at radius 2 is 1.95 bits per heavy atom. The van der Waals surface area contributed by atoms with E-state index in [0.717, 1.165) is 12.0 Å². The number of amides is 2. The number of carbonyl (C=O) groups excluding carboxylic acids is 2. The Kier molecular flexibility index (Phi) is 4.12. The lowest BCUT2D eigenvalue weighted by molar-refractivity contribution is -0.150. The summed E-state index contributed by atoms with van der Waals surface area (Å²) >= 11 is 0. The molecule has 20 heavy (non-hydrogen) atoms. The van der Waals surface area contributed by atoms with E-state index in [-0.39, 0.29) is 18.4 Å². The van der Waals surface area contributed by atoms with E-state index in [2.05, 4.69) is 19.2 Å². The van der Waals surface area contributed by atoms with Crippen LogP contribution in [0.25, 0.3) is 0 Å². The highest BCUT2D eigenvalue weighted by atomic mass is 16.2. The number of hydrogen-bond donors (Lipinski definition) is 1. The fraction of sp³-hybridized carbons (Fsp3) is 0.500. The van der Waals surface area contributed by atoms with Crippen LogP contribution in [0.3, 0.4) is 0 Å². The van der Waals surface area contributed by atoms with Gasteiger partial charge in [0.1, 0.15) is 5.54 Å². The first-order valence-electron chi connectivity index (χ1n) is 7.13. The van der Waals surface area contributed by atoms with E-state index >= 15 is 0 Å². The zero-order chi connectivity index (χ0) is 14.8. The van der Waals surface area contributed by atoms with Crippen molar-refractivity contribution in [3.05, 3.63) is 35.9 Å². The van der Waals surface area contributed by atoms with Gasteiger partial charge < -0.3 is 10.2 Å². The van der Waals surface area contributed by atoms with Crippen molar-refractivity contribution in [3.63, 3.8) is 0 Å². The number of rotatable bonds is 4. The summed E-state index contributed by atoms with van der Waals surface area (Å²) < 4.78 is 0. The molecule has 0 saturated carbocycles. The van der Waals surface area contributed by atoms with E-state index in [9.17, 15) is 9.59 Å². The van der Waals surface area contributed by atoms with E-state index in [0.29, 0.717) is 12.5 Å². The van der Waals surface area contributed by atoms with Crippen LogP contribution in [0.5, 0.6) is 0 Å². The third-order valence-electron chi connectivity index (χ3n) is 4.02. The molecule has 1 aromatic rings. The molecule has 108 valence electrons. The zero-order valence-corrected chi connectivity index (χ0v) is 12.3. The third-order valence-corrected chi connectivity index (χ3v) is 4.02. The highest BCUT2D eigenvalue weighted by molar-refractivity contribution is 5.98. The van der Waals surface area contributed by atoms with Crippen molar-refractivity contribution in [2.75, 3.05) is 13.1 Å². The van der Waals surface area contributed by atoms with Crippen LogP contribution in [-0.4, -0.2) is 29.8 Å². The van der Waals surface area contributed by atoms with Gasteiger partial charge in [-0.15, -0.1) is 0 Å². The molecule has 1 heterocycles. The first-order valence-corrected chi connectivity index (χ1v) is 7.13. The molecule has 0 spiro atoms. The predicted octanol–water partition coefficient (Wildman–Crippen LogP) is 1.91. The maximum atomic E-state index is 12.8. The molecule has 1 aromatic carbocycles. The smallest absolute Gasteiger partial charge is 0.253 e. The fourth-order valence-corrected chi connectivity index (χ4v) is 2.55. The summed E-state index contributed by atoms with van der Waals surface area (Å²) in [5.74, 6) is 0.271. The van der Waals surface area contributed by atoms with Crippen molar-refractivity contribution < 1.29 is 9.59 Å². The molecule has 0 aromatic heterocycles. The number of benzene rings is 1. The minimum Gasteiger partial charge on any atom is -0.337 e. The Morgan fingerprint density at radius 1 is 1.30 bits per heavy atom. The minimum absolute atomic E-state index is 0.0244. The monoisotopic (exact) mass is 274 g/mol. The molecule has 2 rings (SSSR count). The Hall–Kier alpha value is -1.84. The van der Waals surface area contributed by atoms with Gasteiger partial charge in [-0.25, -0.2) is 0 Å². The van der Waals surface area contributed by atoms with Crippen LogP contribution >= 0.6 is 0 Å². The van der Waals surface area contributed by atoms with Crippen molar-refractivity contribution in [1.29, 1.82) is 0 Å². The minimum atomic E-state index is -0.954. The lowest BCUT2D eigenvalue weighted by Gasteiger charge is -2.40. The number of piperazine rings is 1. The molecular weight excluding hydrogens is 252 g/mol. The molecule has 4 nitrogen and oxygen atoms in total. The molecule has 0 bridgehead atoms. The van der Waals surface area contributed by atoms with Gasteiger partial charge in [-0.1, -0.05) is 50.6 Å². The number of nitrogens with one attached hydrogen (secondary N) is 1. The van der Waals surface area contributed by atoms with E-state index < -0.39 is 5.54 Å².